The molecule has 0 aliphatic carbocycles. The topological polar surface area (TPSA) is 83.8 Å². The van der Waals surface area contributed by atoms with Crippen LogP contribution in [-0.2, 0) is 16.0 Å². The molecule has 5 nitrogen and oxygen atoms in total. The molecule has 26 heavy (non-hydrogen) atoms. The molecule has 144 valence electrons. The molecular formula is C20H30O5Si. The Kier molecular flexibility index (Phi) is 6.82. The summed E-state index contributed by atoms with van der Waals surface area (Å²) < 4.78 is 6.21. The number of benzene rings is 1. The molecule has 0 saturated heterocycles. The molecule has 1 rings (SSSR count). The van der Waals surface area contributed by atoms with E-state index in [1.54, 1.807) is 26.0 Å². The molecule has 0 radical (unpaired) electrons. The molecule has 0 heterocycles. The number of rotatable bonds is 7. The van der Waals surface area contributed by atoms with Crippen LogP contribution in [0.2, 0.25) is 18.1 Å². The largest absolute Gasteiger partial charge is 0.544 e. The van der Waals surface area contributed by atoms with E-state index >= 15 is 0 Å². The summed E-state index contributed by atoms with van der Waals surface area (Å²) in [5.41, 5.74) is 0.606. The van der Waals surface area contributed by atoms with Gasteiger partial charge in [-0.15, -0.1) is 0 Å². The highest BCUT2D eigenvalue weighted by atomic mass is 28.4. The van der Waals surface area contributed by atoms with E-state index in [-0.39, 0.29) is 28.5 Å². The van der Waals surface area contributed by atoms with E-state index in [0.717, 1.165) is 11.3 Å². The third-order valence-electron chi connectivity index (χ3n) is 4.87. The maximum atomic E-state index is 11.6. The Balaban J connectivity index is 3.10. The van der Waals surface area contributed by atoms with Gasteiger partial charge in [-0.25, -0.2) is 9.59 Å². The van der Waals surface area contributed by atoms with Gasteiger partial charge < -0.3 is 14.6 Å². The number of hydrogen-bond donors (Lipinski definition) is 2. The lowest BCUT2D eigenvalue weighted by Gasteiger charge is -2.36. The first-order valence-corrected chi connectivity index (χ1v) is 11.6. The lowest BCUT2D eigenvalue weighted by Crippen LogP contribution is -2.43. The highest BCUT2D eigenvalue weighted by molar-refractivity contribution is 6.74. The standard InChI is InChI=1S/C20H30O5Si/c1-13(2)17(19(23)24)16(18(21)22)12-14-8-10-15(11-9-14)25-26(6,7)20(3,4)5/h8-11,13H,12H2,1-7H3,(H,21,22)(H,23,24)/b17-16-. The Morgan fingerprint density at radius 1 is 1.04 bits per heavy atom. The molecule has 2 N–H and O–H groups in total. The highest BCUT2D eigenvalue weighted by Crippen LogP contribution is 2.37. The SMILES string of the molecule is CC(C)/C(C(=O)O)=C(\Cc1ccc(O[Si](C)(C)C(C)(C)C)cc1)C(=O)O. The zero-order valence-electron chi connectivity index (χ0n) is 16.7. The van der Waals surface area contributed by atoms with E-state index < -0.39 is 20.3 Å². The first-order chi connectivity index (χ1) is 11.8. The molecule has 0 aromatic heterocycles. The van der Waals surface area contributed by atoms with E-state index in [2.05, 4.69) is 33.9 Å². The van der Waals surface area contributed by atoms with Gasteiger partial charge in [0.15, 0.2) is 0 Å². The molecule has 1 aromatic rings. The van der Waals surface area contributed by atoms with Crippen LogP contribution in [0.15, 0.2) is 35.4 Å². The molecule has 0 spiro atoms. The Hall–Kier alpha value is -2.08. The van der Waals surface area contributed by atoms with Crippen molar-refractivity contribution >= 4 is 20.3 Å². The maximum absolute atomic E-state index is 11.6. The summed E-state index contributed by atoms with van der Waals surface area (Å²) in [5.74, 6) is -2.00. The summed E-state index contributed by atoms with van der Waals surface area (Å²) >= 11 is 0. The Morgan fingerprint density at radius 2 is 1.54 bits per heavy atom. The van der Waals surface area contributed by atoms with E-state index in [0.29, 0.717) is 0 Å². The molecular weight excluding hydrogens is 348 g/mol. The zero-order valence-corrected chi connectivity index (χ0v) is 17.7. The van der Waals surface area contributed by atoms with E-state index in [4.69, 9.17) is 4.43 Å². The molecule has 0 atom stereocenters. The second-order valence-corrected chi connectivity index (χ2v) is 13.1. The van der Waals surface area contributed by atoms with Crippen LogP contribution in [0.1, 0.15) is 40.2 Å². The van der Waals surface area contributed by atoms with E-state index in [1.807, 2.05) is 12.1 Å². The summed E-state index contributed by atoms with van der Waals surface area (Å²) in [7, 11) is -1.94. The number of carbonyl (C=O) groups is 2. The average molecular weight is 379 g/mol. The third kappa shape index (κ3) is 5.46. The van der Waals surface area contributed by atoms with E-state index in [9.17, 15) is 19.8 Å². The average Bonchev–Trinajstić information content (AvgIpc) is 2.46. The molecule has 0 fully saturated rings. The van der Waals surface area contributed by atoms with Gasteiger partial charge in [0.1, 0.15) is 5.75 Å². The second kappa shape index (κ2) is 8.08. The molecule has 0 aliphatic heterocycles. The molecule has 0 amide bonds. The minimum Gasteiger partial charge on any atom is -0.544 e. The van der Waals surface area contributed by atoms with Crippen molar-refractivity contribution < 1.29 is 24.2 Å². The van der Waals surface area contributed by atoms with Crippen LogP contribution < -0.4 is 4.43 Å². The van der Waals surface area contributed by atoms with Crippen LogP contribution in [0.4, 0.5) is 0 Å². The number of aliphatic carboxylic acids is 2. The lowest BCUT2D eigenvalue weighted by atomic mass is 9.93. The van der Waals surface area contributed by atoms with Gasteiger partial charge in [-0.05, 0) is 41.7 Å². The van der Waals surface area contributed by atoms with Crippen molar-refractivity contribution in [1.29, 1.82) is 0 Å². The predicted octanol–water partition coefficient (Wildman–Crippen LogP) is 4.73. The Morgan fingerprint density at radius 3 is 1.88 bits per heavy atom. The van der Waals surface area contributed by atoms with Crippen molar-refractivity contribution in [2.45, 2.75) is 59.2 Å². The van der Waals surface area contributed by atoms with Crippen LogP contribution in [0.5, 0.6) is 5.75 Å². The smallest absolute Gasteiger partial charge is 0.332 e. The van der Waals surface area contributed by atoms with Gasteiger partial charge in [-0.2, -0.15) is 0 Å². The van der Waals surface area contributed by atoms with Crippen molar-refractivity contribution in [2.24, 2.45) is 5.92 Å². The Labute approximate surface area is 156 Å². The summed E-state index contributed by atoms with van der Waals surface area (Å²) in [6.07, 6.45) is 0.0650. The number of carboxylic acids is 2. The summed E-state index contributed by atoms with van der Waals surface area (Å²) in [6, 6.07) is 7.24. The van der Waals surface area contributed by atoms with Crippen LogP contribution in [0.25, 0.3) is 0 Å². The molecule has 0 saturated carbocycles. The monoisotopic (exact) mass is 378 g/mol. The second-order valence-electron chi connectivity index (χ2n) is 8.34. The fraction of sp³-hybridized carbons (Fsp3) is 0.500. The molecule has 0 unspecified atom stereocenters. The van der Waals surface area contributed by atoms with E-state index in [1.165, 1.54) is 0 Å². The van der Waals surface area contributed by atoms with Gasteiger partial charge in [0, 0.05) is 6.42 Å². The van der Waals surface area contributed by atoms with Crippen molar-refractivity contribution in [3.63, 3.8) is 0 Å². The fourth-order valence-electron chi connectivity index (χ4n) is 2.34. The van der Waals surface area contributed by atoms with Gasteiger partial charge in [-0.3, -0.25) is 0 Å². The summed E-state index contributed by atoms with van der Waals surface area (Å²) in [6.45, 7) is 14.2. The van der Waals surface area contributed by atoms with Gasteiger partial charge in [0.25, 0.3) is 0 Å². The molecule has 0 bridgehead atoms. The number of carboxylic acid groups (broad SMARTS) is 2. The van der Waals surface area contributed by atoms with Gasteiger partial charge in [-0.1, -0.05) is 46.8 Å². The van der Waals surface area contributed by atoms with Gasteiger partial charge in [0.2, 0.25) is 8.32 Å². The van der Waals surface area contributed by atoms with Crippen LogP contribution in [0, 0.1) is 5.92 Å². The lowest BCUT2D eigenvalue weighted by molar-refractivity contribution is -0.136. The van der Waals surface area contributed by atoms with Crippen molar-refractivity contribution in [3.8, 4) is 5.75 Å². The van der Waals surface area contributed by atoms with Gasteiger partial charge >= 0.3 is 11.9 Å². The van der Waals surface area contributed by atoms with Crippen molar-refractivity contribution in [2.75, 3.05) is 0 Å². The summed E-state index contributed by atoms with van der Waals surface area (Å²) in [5, 5.41) is 18.9. The number of hydrogen-bond acceptors (Lipinski definition) is 3. The summed E-state index contributed by atoms with van der Waals surface area (Å²) in [4.78, 5) is 23.0. The Bertz CT molecular complexity index is 694. The minimum atomic E-state index is -1.94. The van der Waals surface area contributed by atoms with Crippen LogP contribution >= 0.6 is 0 Å². The van der Waals surface area contributed by atoms with Crippen molar-refractivity contribution in [3.05, 3.63) is 41.0 Å². The quantitative estimate of drug-likeness (QED) is 0.529. The first kappa shape index (κ1) is 22.0. The highest BCUT2D eigenvalue weighted by Gasteiger charge is 2.38. The molecule has 0 aliphatic rings. The first-order valence-electron chi connectivity index (χ1n) is 8.74. The molecule has 6 heteroatoms. The predicted molar refractivity (Wildman–Crippen MR) is 105 cm³/mol. The minimum absolute atomic E-state index is 0.0564. The third-order valence-corrected chi connectivity index (χ3v) is 9.23. The van der Waals surface area contributed by atoms with Gasteiger partial charge in [0.05, 0.1) is 11.1 Å². The maximum Gasteiger partial charge on any atom is 0.332 e. The van der Waals surface area contributed by atoms with Crippen LogP contribution in [0.3, 0.4) is 0 Å². The fourth-order valence-corrected chi connectivity index (χ4v) is 3.37. The van der Waals surface area contributed by atoms with Crippen LogP contribution in [-0.4, -0.2) is 30.5 Å². The molecule has 1 aromatic carbocycles. The van der Waals surface area contributed by atoms with Crippen molar-refractivity contribution in [1.82, 2.24) is 0 Å². The zero-order chi connectivity index (χ0) is 20.3. The normalized spacial score (nSPS) is 13.4.